The van der Waals surface area contributed by atoms with Gasteiger partial charge >= 0.3 is 0 Å². The van der Waals surface area contributed by atoms with Gasteiger partial charge in [0.25, 0.3) is 0 Å². The first-order valence-electron chi connectivity index (χ1n) is 6.91. The van der Waals surface area contributed by atoms with Crippen molar-refractivity contribution < 1.29 is 0 Å². The number of rotatable bonds is 7. The van der Waals surface area contributed by atoms with Crippen LogP contribution in [0.3, 0.4) is 0 Å². The Morgan fingerprint density at radius 3 is 3.00 bits per heavy atom. The normalized spacial score (nSPS) is 13.6. The summed E-state index contributed by atoms with van der Waals surface area (Å²) in [7, 11) is 0. The van der Waals surface area contributed by atoms with E-state index in [0.29, 0.717) is 0 Å². The standard InChI is InChI=1S/C16H23NS/c1-3-9-17-11-13(2)12-18-16-8-7-14-5-4-6-15(14)10-16/h7-8,10,17H,2-6,9,11-12H2,1H3. The van der Waals surface area contributed by atoms with Gasteiger partial charge in [0.1, 0.15) is 0 Å². The molecule has 2 rings (SSSR count). The van der Waals surface area contributed by atoms with E-state index in [9.17, 15) is 0 Å². The van der Waals surface area contributed by atoms with Gasteiger partial charge in [-0.05, 0) is 55.5 Å². The van der Waals surface area contributed by atoms with Crippen LogP contribution in [0.2, 0.25) is 0 Å². The minimum atomic E-state index is 0.950. The summed E-state index contributed by atoms with van der Waals surface area (Å²) in [5.74, 6) is 1.02. The molecule has 1 aromatic carbocycles. The summed E-state index contributed by atoms with van der Waals surface area (Å²) in [5, 5.41) is 3.40. The van der Waals surface area contributed by atoms with Gasteiger partial charge in [0, 0.05) is 17.2 Å². The summed E-state index contributed by atoms with van der Waals surface area (Å²) in [5.41, 5.74) is 4.41. The van der Waals surface area contributed by atoms with Crippen LogP contribution >= 0.6 is 11.8 Å². The Kier molecular flexibility index (Phi) is 5.33. The van der Waals surface area contributed by atoms with E-state index >= 15 is 0 Å². The van der Waals surface area contributed by atoms with Gasteiger partial charge in [0.2, 0.25) is 0 Å². The molecule has 98 valence electrons. The van der Waals surface area contributed by atoms with Gasteiger partial charge in [-0.15, -0.1) is 11.8 Å². The van der Waals surface area contributed by atoms with Gasteiger partial charge in [0.15, 0.2) is 0 Å². The maximum absolute atomic E-state index is 4.13. The van der Waals surface area contributed by atoms with E-state index < -0.39 is 0 Å². The van der Waals surface area contributed by atoms with Gasteiger partial charge in [-0.25, -0.2) is 0 Å². The summed E-state index contributed by atoms with van der Waals surface area (Å²) < 4.78 is 0. The van der Waals surface area contributed by atoms with E-state index in [2.05, 4.69) is 37.0 Å². The SMILES string of the molecule is C=C(CNCCC)CSc1ccc2c(c1)CCC2. The van der Waals surface area contributed by atoms with E-state index in [-0.39, 0.29) is 0 Å². The van der Waals surface area contributed by atoms with Gasteiger partial charge in [0.05, 0.1) is 0 Å². The van der Waals surface area contributed by atoms with Crippen LogP contribution in [-0.2, 0) is 12.8 Å². The molecule has 0 spiro atoms. The van der Waals surface area contributed by atoms with Crippen LogP contribution in [0.25, 0.3) is 0 Å². The predicted molar refractivity (Wildman–Crippen MR) is 81.5 cm³/mol. The molecule has 0 saturated heterocycles. The maximum atomic E-state index is 4.13. The summed E-state index contributed by atoms with van der Waals surface area (Å²) in [6.45, 7) is 8.36. The van der Waals surface area contributed by atoms with Crippen LogP contribution < -0.4 is 5.32 Å². The lowest BCUT2D eigenvalue weighted by Gasteiger charge is -2.08. The summed E-state index contributed by atoms with van der Waals surface area (Å²) in [6.07, 6.45) is 5.05. The number of hydrogen-bond acceptors (Lipinski definition) is 2. The van der Waals surface area contributed by atoms with Crippen LogP contribution in [0.15, 0.2) is 35.2 Å². The van der Waals surface area contributed by atoms with Gasteiger partial charge in [-0.2, -0.15) is 0 Å². The molecule has 0 unspecified atom stereocenters. The third-order valence-corrected chi connectivity index (χ3v) is 4.45. The second-order valence-corrected chi connectivity index (χ2v) is 6.05. The lowest BCUT2D eigenvalue weighted by Crippen LogP contribution is -2.18. The number of hydrogen-bond donors (Lipinski definition) is 1. The monoisotopic (exact) mass is 261 g/mol. The largest absolute Gasteiger partial charge is 0.313 e. The fraction of sp³-hybridized carbons (Fsp3) is 0.500. The van der Waals surface area contributed by atoms with Gasteiger partial charge in [-0.3, -0.25) is 0 Å². The molecule has 0 atom stereocenters. The van der Waals surface area contributed by atoms with E-state index in [1.807, 2.05) is 11.8 Å². The average molecular weight is 261 g/mol. The van der Waals surface area contributed by atoms with Gasteiger partial charge < -0.3 is 5.32 Å². The highest BCUT2D eigenvalue weighted by Gasteiger charge is 2.10. The van der Waals surface area contributed by atoms with Crippen molar-refractivity contribution in [2.45, 2.75) is 37.5 Å². The Hall–Kier alpha value is -0.730. The number of aryl methyl sites for hydroxylation is 2. The Labute approximate surface area is 115 Å². The molecular weight excluding hydrogens is 238 g/mol. The molecule has 18 heavy (non-hydrogen) atoms. The topological polar surface area (TPSA) is 12.0 Å². The fourth-order valence-electron chi connectivity index (χ4n) is 2.32. The Balaban J connectivity index is 1.78. The molecule has 0 bridgehead atoms. The van der Waals surface area contributed by atoms with Crippen molar-refractivity contribution in [3.63, 3.8) is 0 Å². The van der Waals surface area contributed by atoms with Crippen molar-refractivity contribution in [2.75, 3.05) is 18.8 Å². The van der Waals surface area contributed by atoms with Crippen molar-refractivity contribution in [3.8, 4) is 0 Å². The first-order chi connectivity index (χ1) is 8.79. The number of fused-ring (bicyclic) bond motifs is 1. The molecule has 0 aromatic heterocycles. The summed E-state index contributed by atoms with van der Waals surface area (Å²) in [4.78, 5) is 1.40. The summed E-state index contributed by atoms with van der Waals surface area (Å²) in [6, 6.07) is 6.95. The molecule has 1 aliphatic rings. The highest BCUT2D eigenvalue weighted by Crippen LogP contribution is 2.28. The molecule has 0 fully saturated rings. The third kappa shape index (κ3) is 3.89. The van der Waals surface area contributed by atoms with Crippen molar-refractivity contribution in [3.05, 3.63) is 41.5 Å². The van der Waals surface area contributed by atoms with Gasteiger partial charge in [-0.1, -0.05) is 25.1 Å². The van der Waals surface area contributed by atoms with E-state index in [4.69, 9.17) is 0 Å². The lowest BCUT2D eigenvalue weighted by atomic mass is 10.1. The van der Waals surface area contributed by atoms with E-state index in [0.717, 1.165) is 18.8 Å². The minimum absolute atomic E-state index is 0.950. The highest BCUT2D eigenvalue weighted by atomic mass is 32.2. The molecule has 1 aliphatic carbocycles. The summed E-state index contributed by atoms with van der Waals surface area (Å²) >= 11 is 1.91. The Bertz CT molecular complexity index is 412. The molecule has 0 amide bonds. The second-order valence-electron chi connectivity index (χ2n) is 5.00. The molecule has 0 saturated carbocycles. The predicted octanol–water partition coefficient (Wildman–Crippen LogP) is 3.82. The molecule has 0 aliphatic heterocycles. The highest BCUT2D eigenvalue weighted by molar-refractivity contribution is 7.99. The molecule has 0 radical (unpaired) electrons. The second kappa shape index (κ2) is 7.01. The average Bonchev–Trinajstić information content (AvgIpc) is 2.84. The maximum Gasteiger partial charge on any atom is 0.0200 e. The molecule has 1 aromatic rings. The number of thioether (sulfide) groups is 1. The smallest absolute Gasteiger partial charge is 0.0200 e. The Morgan fingerprint density at radius 1 is 1.33 bits per heavy atom. The lowest BCUT2D eigenvalue weighted by molar-refractivity contribution is 0.716. The molecule has 1 N–H and O–H groups in total. The van der Waals surface area contributed by atoms with Crippen molar-refractivity contribution >= 4 is 11.8 Å². The molecule has 0 heterocycles. The number of nitrogens with one attached hydrogen (secondary N) is 1. The van der Waals surface area contributed by atoms with Crippen LogP contribution in [0.4, 0.5) is 0 Å². The van der Waals surface area contributed by atoms with Crippen LogP contribution in [0, 0.1) is 0 Å². The molecule has 1 nitrogen and oxygen atoms in total. The van der Waals surface area contributed by atoms with Crippen molar-refractivity contribution in [1.82, 2.24) is 5.32 Å². The Morgan fingerprint density at radius 2 is 2.17 bits per heavy atom. The van der Waals surface area contributed by atoms with Crippen molar-refractivity contribution in [1.29, 1.82) is 0 Å². The van der Waals surface area contributed by atoms with E-state index in [1.54, 1.807) is 11.1 Å². The van der Waals surface area contributed by atoms with Crippen LogP contribution in [0.5, 0.6) is 0 Å². The van der Waals surface area contributed by atoms with Crippen LogP contribution in [-0.4, -0.2) is 18.8 Å². The molecular formula is C16H23NS. The quantitative estimate of drug-likeness (QED) is 0.455. The minimum Gasteiger partial charge on any atom is -0.313 e. The van der Waals surface area contributed by atoms with Crippen LogP contribution in [0.1, 0.15) is 30.9 Å². The molecule has 2 heteroatoms. The third-order valence-electron chi connectivity index (χ3n) is 3.31. The first kappa shape index (κ1) is 13.7. The van der Waals surface area contributed by atoms with E-state index in [1.165, 1.54) is 36.2 Å². The zero-order valence-corrected chi connectivity index (χ0v) is 12.1. The van der Waals surface area contributed by atoms with Crippen molar-refractivity contribution in [2.24, 2.45) is 0 Å². The first-order valence-corrected chi connectivity index (χ1v) is 7.90. The fourth-order valence-corrected chi connectivity index (χ4v) is 3.18. The number of benzene rings is 1. The zero-order valence-electron chi connectivity index (χ0n) is 11.3. The zero-order chi connectivity index (χ0) is 12.8.